The van der Waals surface area contributed by atoms with Crippen LogP contribution in [0.5, 0.6) is 0 Å². The molecular formula is C17H24FNO. The van der Waals surface area contributed by atoms with E-state index in [9.17, 15) is 4.39 Å². The van der Waals surface area contributed by atoms with Crippen molar-refractivity contribution in [2.24, 2.45) is 5.92 Å². The third kappa shape index (κ3) is 4.96. The van der Waals surface area contributed by atoms with Crippen molar-refractivity contribution < 1.29 is 9.50 Å². The van der Waals surface area contributed by atoms with Crippen molar-refractivity contribution in [3.63, 3.8) is 0 Å². The fourth-order valence-electron chi connectivity index (χ4n) is 1.90. The molecule has 0 saturated heterocycles. The molecule has 1 rings (SSSR count). The van der Waals surface area contributed by atoms with Crippen molar-refractivity contribution in [1.82, 2.24) is 4.90 Å². The third-order valence-corrected chi connectivity index (χ3v) is 3.60. The Labute approximate surface area is 121 Å². The van der Waals surface area contributed by atoms with Crippen molar-refractivity contribution in [3.05, 3.63) is 35.1 Å². The summed E-state index contributed by atoms with van der Waals surface area (Å²) in [6.07, 6.45) is 0.415. The Morgan fingerprint density at radius 3 is 2.55 bits per heavy atom. The van der Waals surface area contributed by atoms with Gasteiger partial charge in [-0.3, -0.25) is 4.90 Å². The van der Waals surface area contributed by atoms with Gasteiger partial charge in [-0.25, -0.2) is 4.39 Å². The van der Waals surface area contributed by atoms with Gasteiger partial charge in [0.05, 0.1) is 6.61 Å². The standard InChI is InChI=1S/C17H24FNO/c1-13(2)14(3)19(4)12-16-9-8-15(11-17(16)18)7-5-6-10-20/h8-9,11,13-14,20H,6,10,12H2,1-4H3. The van der Waals surface area contributed by atoms with Gasteiger partial charge in [-0.15, -0.1) is 0 Å². The Kier molecular flexibility index (Phi) is 6.70. The van der Waals surface area contributed by atoms with Crippen LogP contribution in [0.3, 0.4) is 0 Å². The molecule has 110 valence electrons. The summed E-state index contributed by atoms with van der Waals surface area (Å²) in [5.41, 5.74) is 1.34. The van der Waals surface area contributed by atoms with Crippen LogP contribution in [0.4, 0.5) is 4.39 Å². The molecule has 1 N–H and O–H groups in total. The smallest absolute Gasteiger partial charge is 0.128 e. The van der Waals surface area contributed by atoms with E-state index >= 15 is 0 Å². The lowest BCUT2D eigenvalue weighted by Crippen LogP contribution is -2.32. The molecule has 20 heavy (non-hydrogen) atoms. The highest BCUT2D eigenvalue weighted by Crippen LogP contribution is 2.16. The fourth-order valence-corrected chi connectivity index (χ4v) is 1.90. The monoisotopic (exact) mass is 277 g/mol. The van der Waals surface area contributed by atoms with E-state index in [0.717, 1.165) is 0 Å². The van der Waals surface area contributed by atoms with Gasteiger partial charge in [-0.2, -0.15) is 0 Å². The number of aliphatic hydroxyl groups is 1. The fraction of sp³-hybridized carbons (Fsp3) is 0.529. The molecule has 0 aliphatic carbocycles. The minimum atomic E-state index is -0.219. The number of nitrogens with zero attached hydrogens (tertiary/aromatic N) is 1. The van der Waals surface area contributed by atoms with Crippen LogP contribution >= 0.6 is 0 Å². The molecule has 0 aliphatic heterocycles. The maximum absolute atomic E-state index is 14.0. The number of benzene rings is 1. The molecule has 0 amide bonds. The number of rotatable bonds is 5. The second-order valence-corrected chi connectivity index (χ2v) is 5.48. The second-order valence-electron chi connectivity index (χ2n) is 5.48. The molecule has 0 aliphatic rings. The summed E-state index contributed by atoms with van der Waals surface area (Å²) in [7, 11) is 2.01. The van der Waals surface area contributed by atoms with Crippen LogP contribution in [-0.2, 0) is 6.54 Å². The highest BCUT2D eigenvalue weighted by molar-refractivity contribution is 5.37. The average molecular weight is 277 g/mol. The van der Waals surface area contributed by atoms with E-state index in [1.165, 1.54) is 6.07 Å². The maximum atomic E-state index is 14.0. The first-order chi connectivity index (χ1) is 9.45. The van der Waals surface area contributed by atoms with Gasteiger partial charge in [0, 0.05) is 30.1 Å². The van der Waals surface area contributed by atoms with Crippen LogP contribution in [0.25, 0.3) is 0 Å². The summed E-state index contributed by atoms with van der Waals surface area (Å²) in [6.45, 7) is 7.10. The van der Waals surface area contributed by atoms with Crippen molar-refractivity contribution in [2.45, 2.75) is 39.8 Å². The number of halogens is 1. The van der Waals surface area contributed by atoms with Gasteiger partial charge in [0.1, 0.15) is 5.82 Å². The van der Waals surface area contributed by atoms with Gasteiger partial charge in [0.2, 0.25) is 0 Å². The van der Waals surface area contributed by atoms with Gasteiger partial charge in [0.25, 0.3) is 0 Å². The predicted octanol–water partition coefficient (Wildman–Crippen LogP) is 3.04. The van der Waals surface area contributed by atoms with E-state index in [1.807, 2.05) is 13.1 Å². The lowest BCUT2D eigenvalue weighted by molar-refractivity contribution is 0.198. The number of aliphatic hydroxyl groups excluding tert-OH is 1. The first-order valence-electron chi connectivity index (χ1n) is 7.04. The van der Waals surface area contributed by atoms with Gasteiger partial charge in [0.15, 0.2) is 0 Å². The predicted molar refractivity (Wildman–Crippen MR) is 80.7 cm³/mol. The van der Waals surface area contributed by atoms with E-state index < -0.39 is 0 Å². The molecule has 0 aromatic heterocycles. The number of hydrogen-bond acceptors (Lipinski definition) is 2. The molecule has 2 nitrogen and oxygen atoms in total. The topological polar surface area (TPSA) is 23.5 Å². The lowest BCUT2D eigenvalue weighted by Gasteiger charge is -2.28. The summed E-state index contributed by atoms with van der Waals surface area (Å²) in [5, 5.41) is 8.66. The van der Waals surface area contributed by atoms with Crippen LogP contribution in [0.15, 0.2) is 18.2 Å². The van der Waals surface area contributed by atoms with Crippen molar-refractivity contribution in [1.29, 1.82) is 0 Å². The lowest BCUT2D eigenvalue weighted by atomic mass is 10.0. The van der Waals surface area contributed by atoms with Crippen molar-refractivity contribution in [2.75, 3.05) is 13.7 Å². The van der Waals surface area contributed by atoms with E-state index in [4.69, 9.17) is 5.11 Å². The Balaban J connectivity index is 2.76. The number of hydrogen-bond donors (Lipinski definition) is 1. The normalized spacial score (nSPS) is 12.4. The highest BCUT2D eigenvalue weighted by Gasteiger charge is 2.14. The average Bonchev–Trinajstić information content (AvgIpc) is 2.41. The quantitative estimate of drug-likeness (QED) is 0.836. The van der Waals surface area contributed by atoms with E-state index in [1.54, 1.807) is 6.07 Å². The minimum absolute atomic E-state index is 0.0332. The Morgan fingerprint density at radius 1 is 1.30 bits per heavy atom. The Bertz CT molecular complexity index is 487. The molecule has 1 atom stereocenters. The Morgan fingerprint density at radius 2 is 2.00 bits per heavy atom. The van der Waals surface area contributed by atoms with Crippen LogP contribution < -0.4 is 0 Å². The van der Waals surface area contributed by atoms with E-state index in [2.05, 4.69) is 37.5 Å². The first kappa shape index (κ1) is 16.7. The molecule has 0 spiro atoms. The molecule has 1 unspecified atom stereocenters. The maximum Gasteiger partial charge on any atom is 0.128 e. The van der Waals surface area contributed by atoms with Crippen molar-refractivity contribution >= 4 is 0 Å². The third-order valence-electron chi connectivity index (χ3n) is 3.60. The minimum Gasteiger partial charge on any atom is -0.395 e. The van der Waals surface area contributed by atoms with Crippen LogP contribution in [0, 0.1) is 23.6 Å². The molecule has 0 heterocycles. The molecular weight excluding hydrogens is 253 g/mol. The Hall–Kier alpha value is -1.37. The van der Waals surface area contributed by atoms with Crippen LogP contribution in [0.2, 0.25) is 0 Å². The molecule has 3 heteroatoms. The van der Waals surface area contributed by atoms with Gasteiger partial charge in [-0.1, -0.05) is 31.8 Å². The molecule has 0 saturated carbocycles. The summed E-state index contributed by atoms with van der Waals surface area (Å²) in [4.78, 5) is 2.15. The molecule has 0 fully saturated rings. The van der Waals surface area contributed by atoms with E-state index in [0.29, 0.717) is 36.1 Å². The molecule has 0 radical (unpaired) electrons. The summed E-state index contributed by atoms with van der Waals surface area (Å²) >= 11 is 0. The SMILES string of the molecule is CC(C)C(C)N(C)Cc1ccc(C#CCCO)cc1F. The summed E-state index contributed by atoms with van der Waals surface area (Å²) in [5.74, 6) is 5.95. The largest absolute Gasteiger partial charge is 0.395 e. The van der Waals surface area contributed by atoms with Gasteiger partial charge < -0.3 is 5.11 Å². The zero-order chi connectivity index (χ0) is 15.1. The molecule has 1 aromatic rings. The van der Waals surface area contributed by atoms with Crippen LogP contribution in [0.1, 0.15) is 38.3 Å². The molecule has 0 bridgehead atoms. The van der Waals surface area contributed by atoms with Crippen LogP contribution in [-0.4, -0.2) is 29.7 Å². The zero-order valence-corrected chi connectivity index (χ0v) is 12.8. The molecule has 1 aromatic carbocycles. The van der Waals surface area contributed by atoms with Crippen molar-refractivity contribution in [3.8, 4) is 11.8 Å². The zero-order valence-electron chi connectivity index (χ0n) is 12.8. The van der Waals surface area contributed by atoms with Gasteiger partial charge >= 0.3 is 0 Å². The highest BCUT2D eigenvalue weighted by atomic mass is 19.1. The second kappa shape index (κ2) is 8.04. The summed E-state index contributed by atoms with van der Waals surface area (Å²) in [6, 6.07) is 5.49. The van der Waals surface area contributed by atoms with Gasteiger partial charge in [-0.05, 0) is 32.0 Å². The first-order valence-corrected chi connectivity index (χ1v) is 7.04. The summed E-state index contributed by atoms with van der Waals surface area (Å²) < 4.78 is 14.0. The van der Waals surface area contributed by atoms with E-state index in [-0.39, 0.29) is 12.4 Å².